The monoisotopic (exact) mass is 325 g/mol. The first kappa shape index (κ1) is 16.1. The first-order chi connectivity index (χ1) is 11.7. The van der Waals surface area contributed by atoms with Gasteiger partial charge in [0.1, 0.15) is 6.10 Å². The summed E-state index contributed by atoms with van der Waals surface area (Å²) in [5.74, 6) is -0.541. The average molecular weight is 325 g/mol. The Balaban J connectivity index is 1.54. The molecule has 0 bridgehead atoms. The SMILES string of the molecule is O=C(CNC(=O)[C@@H]1OCC[C@@H]1c1ccccc1)Nc1cccnc1. The highest BCUT2D eigenvalue weighted by molar-refractivity contribution is 5.95. The van der Waals surface area contributed by atoms with Gasteiger partial charge in [-0.25, -0.2) is 0 Å². The minimum absolute atomic E-state index is 0.0209. The number of hydrogen-bond acceptors (Lipinski definition) is 4. The summed E-state index contributed by atoms with van der Waals surface area (Å²) in [6, 6.07) is 13.3. The zero-order chi connectivity index (χ0) is 16.8. The number of hydrogen-bond donors (Lipinski definition) is 2. The van der Waals surface area contributed by atoms with Crippen LogP contribution in [0.3, 0.4) is 0 Å². The number of amides is 2. The molecule has 0 radical (unpaired) electrons. The Bertz CT molecular complexity index is 691. The fourth-order valence-corrected chi connectivity index (χ4v) is 2.80. The van der Waals surface area contributed by atoms with E-state index in [1.165, 1.54) is 0 Å². The van der Waals surface area contributed by atoms with Gasteiger partial charge in [0.2, 0.25) is 11.8 Å². The van der Waals surface area contributed by atoms with Crippen molar-refractivity contribution < 1.29 is 14.3 Å². The third-order valence-electron chi connectivity index (χ3n) is 3.95. The van der Waals surface area contributed by atoms with Gasteiger partial charge >= 0.3 is 0 Å². The first-order valence-electron chi connectivity index (χ1n) is 7.88. The standard InChI is InChI=1S/C18H19N3O3/c22-16(21-14-7-4-9-19-11-14)12-20-18(23)17-15(8-10-24-17)13-5-2-1-3-6-13/h1-7,9,11,15,17H,8,10,12H2,(H,20,23)(H,21,22)/t15-,17-/m1/s1. The van der Waals surface area contributed by atoms with E-state index in [0.717, 1.165) is 12.0 Å². The molecule has 0 spiro atoms. The third kappa shape index (κ3) is 3.97. The minimum atomic E-state index is -0.557. The topological polar surface area (TPSA) is 80.3 Å². The Kier molecular flexibility index (Phi) is 5.18. The molecule has 0 aliphatic carbocycles. The van der Waals surface area contributed by atoms with Crippen molar-refractivity contribution in [2.24, 2.45) is 0 Å². The molecule has 1 fully saturated rings. The minimum Gasteiger partial charge on any atom is -0.368 e. The van der Waals surface area contributed by atoms with Crippen LogP contribution in [0.25, 0.3) is 0 Å². The van der Waals surface area contributed by atoms with E-state index in [1.54, 1.807) is 24.5 Å². The number of anilines is 1. The normalized spacial score (nSPS) is 19.7. The van der Waals surface area contributed by atoms with Crippen molar-refractivity contribution in [2.45, 2.75) is 18.4 Å². The van der Waals surface area contributed by atoms with E-state index in [2.05, 4.69) is 15.6 Å². The molecule has 1 aromatic carbocycles. The molecule has 2 amide bonds. The molecule has 1 aromatic heterocycles. The molecule has 1 saturated heterocycles. The van der Waals surface area contributed by atoms with Crippen molar-refractivity contribution in [3.63, 3.8) is 0 Å². The molecule has 3 rings (SSSR count). The summed E-state index contributed by atoms with van der Waals surface area (Å²) < 4.78 is 5.58. The maximum atomic E-state index is 12.4. The Labute approximate surface area is 140 Å². The molecule has 2 atom stereocenters. The van der Waals surface area contributed by atoms with Crippen LogP contribution in [-0.2, 0) is 14.3 Å². The molecule has 1 aliphatic rings. The van der Waals surface area contributed by atoms with Gasteiger partial charge < -0.3 is 15.4 Å². The van der Waals surface area contributed by atoms with Gasteiger partial charge in [0, 0.05) is 18.7 Å². The van der Waals surface area contributed by atoms with E-state index in [0.29, 0.717) is 12.3 Å². The second kappa shape index (κ2) is 7.70. The number of rotatable bonds is 5. The molecule has 0 saturated carbocycles. The third-order valence-corrected chi connectivity index (χ3v) is 3.95. The molecule has 1 aliphatic heterocycles. The number of benzene rings is 1. The Hall–Kier alpha value is -2.73. The van der Waals surface area contributed by atoms with Gasteiger partial charge in [-0.2, -0.15) is 0 Å². The van der Waals surface area contributed by atoms with E-state index < -0.39 is 6.10 Å². The van der Waals surface area contributed by atoms with Gasteiger partial charge in [-0.05, 0) is 24.1 Å². The maximum absolute atomic E-state index is 12.4. The summed E-state index contributed by atoms with van der Waals surface area (Å²) in [6.07, 6.45) is 3.41. The molecule has 2 aromatic rings. The number of aromatic nitrogens is 1. The number of nitrogens with zero attached hydrogens (tertiary/aromatic N) is 1. The number of pyridine rings is 1. The summed E-state index contributed by atoms with van der Waals surface area (Å²) >= 11 is 0. The van der Waals surface area contributed by atoms with Crippen molar-refractivity contribution in [2.75, 3.05) is 18.5 Å². The maximum Gasteiger partial charge on any atom is 0.250 e. The lowest BCUT2D eigenvalue weighted by Gasteiger charge is -2.18. The fraction of sp³-hybridized carbons (Fsp3) is 0.278. The molecular weight excluding hydrogens is 306 g/mol. The second-order valence-corrected chi connectivity index (χ2v) is 5.60. The average Bonchev–Trinajstić information content (AvgIpc) is 3.11. The number of carbonyl (C=O) groups is 2. The van der Waals surface area contributed by atoms with Gasteiger partial charge in [0.25, 0.3) is 0 Å². The lowest BCUT2D eigenvalue weighted by Crippen LogP contribution is -2.41. The van der Waals surface area contributed by atoms with Gasteiger partial charge in [-0.3, -0.25) is 14.6 Å². The van der Waals surface area contributed by atoms with Gasteiger partial charge in [-0.1, -0.05) is 30.3 Å². The predicted molar refractivity (Wildman–Crippen MR) is 89.4 cm³/mol. The van der Waals surface area contributed by atoms with Crippen molar-refractivity contribution in [3.8, 4) is 0 Å². The van der Waals surface area contributed by atoms with Crippen molar-refractivity contribution in [3.05, 3.63) is 60.4 Å². The van der Waals surface area contributed by atoms with Crippen LogP contribution in [0.15, 0.2) is 54.9 Å². The Morgan fingerprint density at radius 1 is 1.17 bits per heavy atom. The smallest absolute Gasteiger partial charge is 0.250 e. The van der Waals surface area contributed by atoms with Crippen LogP contribution >= 0.6 is 0 Å². The first-order valence-corrected chi connectivity index (χ1v) is 7.88. The zero-order valence-corrected chi connectivity index (χ0v) is 13.1. The van der Waals surface area contributed by atoms with Crippen LogP contribution in [0.5, 0.6) is 0 Å². The number of ether oxygens (including phenoxy) is 1. The van der Waals surface area contributed by atoms with Crippen molar-refractivity contribution >= 4 is 17.5 Å². The number of nitrogens with one attached hydrogen (secondary N) is 2. The van der Waals surface area contributed by atoms with E-state index in [1.807, 2.05) is 30.3 Å². The lowest BCUT2D eigenvalue weighted by atomic mass is 9.92. The highest BCUT2D eigenvalue weighted by Crippen LogP contribution is 2.31. The van der Waals surface area contributed by atoms with Crippen LogP contribution in [0, 0.1) is 0 Å². The Morgan fingerprint density at radius 2 is 2.00 bits per heavy atom. The summed E-state index contributed by atoms with van der Waals surface area (Å²) in [6.45, 7) is 0.439. The molecule has 2 N–H and O–H groups in total. The second-order valence-electron chi connectivity index (χ2n) is 5.60. The highest BCUT2D eigenvalue weighted by atomic mass is 16.5. The quantitative estimate of drug-likeness (QED) is 0.877. The van der Waals surface area contributed by atoms with Crippen LogP contribution < -0.4 is 10.6 Å². The van der Waals surface area contributed by atoms with E-state index in [-0.39, 0.29) is 24.3 Å². The van der Waals surface area contributed by atoms with Gasteiger partial charge in [-0.15, -0.1) is 0 Å². The molecule has 124 valence electrons. The highest BCUT2D eigenvalue weighted by Gasteiger charge is 2.35. The van der Waals surface area contributed by atoms with E-state index in [4.69, 9.17) is 4.74 Å². The molecular formula is C18H19N3O3. The fourth-order valence-electron chi connectivity index (χ4n) is 2.80. The molecule has 6 nitrogen and oxygen atoms in total. The predicted octanol–water partition coefficient (Wildman–Crippen LogP) is 1.71. The van der Waals surface area contributed by atoms with Gasteiger partial charge in [0.15, 0.2) is 0 Å². The molecule has 6 heteroatoms. The van der Waals surface area contributed by atoms with E-state index >= 15 is 0 Å². The van der Waals surface area contributed by atoms with Gasteiger partial charge in [0.05, 0.1) is 18.4 Å². The van der Waals surface area contributed by atoms with Crippen LogP contribution in [0.4, 0.5) is 5.69 Å². The largest absolute Gasteiger partial charge is 0.368 e. The lowest BCUT2D eigenvalue weighted by molar-refractivity contribution is -0.132. The van der Waals surface area contributed by atoms with Crippen LogP contribution in [0.1, 0.15) is 17.9 Å². The molecule has 24 heavy (non-hydrogen) atoms. The van der Waals surface area contributed by atoms with Crippen molar-refractivity contribution in [1.29, 1.82) is 0 Å². The summed E-state index contributed by atoms with van der Waals surface area (Å²) in [7, 11) is 0. The summed E-state index contributed by atoms with van der Waals surface area (Å²) in [4.78, 5) is 28.2. The van der Waals surface area contributed by atoms with Crippen LogP contribution in [-0.4, -0.2) is 36.1 Å². The van der Waals surface area contributed by atoms with Crippen LogP contribution in [0.2, 0.25) is 0 Å². The van der Waals surface area contributed by atoms with Crippen molar-refractivity contribution in [1.82, 2.24) is 10.3 Å². The summed E-state index contributed by atoms with van der Waals surface area (Å²) in [5, 5.41) is 5.32. The van der Waals surface area contributed by atoms with E-state index in [9.17, 15) is 9.59 Å². The Morgan fingerprint density at radius 3 is 2.75 bits per heavy atom. The summed E-state index contributed by atoms with van der Waals surface area (Å²) in [5.41, 5.74) is 1.67. The molecule has 2 heterocycles. The molecule has 0 unspecified atom stereocenters. The zero-order valence-electron chi connectivity index (χ0n) is 13.1. The number of carbonyl (C=O) groups excluding carboxylic acids is 2.